The van der Waals surface area contributed by atoms with Gasteiger partial charge in [0.1, 0.15) is 5.69 Å². The van der Waals surface area contributed by atoms with Gasteiger partial charge in [0.2, 0.25) is 5.78 Å². The highest BCUT2D eigenvalue weighted by Gasteiger charge is 2.28. The van der Waals surface area contributed by atoms with Crippen molar-refractivity contribution in [2.24, 2.45) is 0 Å². The van der Waals surface area contributed by atoms with E-state index in [9.17, 15) is 14.4 Å². The molecule has 1 aromatic heterocycles. The third kappa shape index (κ3) is 1.96. The van der Waals surface area contributed by atoms with Crippen molar-refractivity contribution in [3.8, 4) is 11.3 Å². The molecule has 1 aliphatic rings. The first-order valence-corrected chi connectivity index (χ1v) is 6.66. The number of benzene rings is 1. The Morgan fingerprint density at radius 3 is 2.40 bits per heavy atom. The number of halogens is 1. The summed E-state index contributed by atoms with van der Waals surface area (Å²) in [4.78, 5) is 38.9. The van der Waals surface area contributed by atoms with Crippen LogP contribution in [-0.4, -0.2) is 16.6 Å². The number of hydrogen-bond donors (Lipinski definition) is 1. The number of pyridine rings is 1. The molecule has 0 atom stereocenters. The molecule has 0 aliphatic heterocycles. The Morgan fingerprint density at radius 1 is 1.00 bits per heavy atom. The molecule has 5 heteroatoms. The second-order valence-corrected chi connectivity index (χ2v) is 5.20. The maximum atomic E-state index is 12.1. The van der Waals surface area contributed by atoms with Crippen LogP contribution in [0.1, 0.15) is 20.8 Å². The maximum absolute atomic E-state index is 12.1. The van der Waals surface area contributed by atoms with Crippen molar-refractivity contribution >= 4 is 27.5 Å². The van der Waals surface area contributed by atoms with Gasteiger partial charge in [0.25, 0.3) is 0 Å². The average molecular weight is 330 g/mol. The number of carbonyl (C=O) groups is 2. The Bertz CT molecular complexity index is 819. The first-order chi connectivity index (χ1) is 9.58. The van der Waals surface area contributed by atoms with Crippen LogP contribution >= 0.6 is 15.9 Å². The molecule has 1 aliphatic carbocycles. The van der Waals surface area contributed by atoms with Crippen LogP contribution in [0.15, 0.2) is 51.8 Å². The Balaban J connectivity index is 2.27. The lowest BCUT2D eigenvalue weighted by Gasteiger charge is -2.12. The van der Waals surface area contributed by atoms with Crippen LogP contribution in [0, 0.1) is 0 Å². The van der Waals surface area contributed by atoms with Gasteiger partial charge in [-0.25, -0.2) is 0 Å². The molecule has 4 nitrogen and oxygen atoms in total. The monoisotopic (exact) mass is 329 g/mol. The van der Waals surface area contributed by atoms with E-state index in [1.54, 1.807) is 0 Å². The molecule has 0 unspecified atom stereocenters. The molecule has 98 valence electrons. The van der Waals surface area contributed by atoms with E-state index in [-0.39, 0.29) is 15.7 Å². The Hall–Kier alpha value is -2.27. The summed E-state index contributed by atoms with van der Waals surface area (Å²) in [5, 5.41) is 0. The molecule has 0 radical (unpaired) electrons. The number of ketones is 2. The third-order valence-electron chi connectivity index (χ3n) is 3.06. The molecular formula is C15H8BrNO3. The molecule has 1 N–H and O–H groups in total. The predicted molar refractivity (Wildman–Crippen MR) is 78.2 cm³/mol. The van der Waals surface area contributed by atoms with Crippen molar-refractivity contribution in [1.82, 2.24) is 4.98 Å². The minimum absolute atomic E-state index is 0.0377. The first-order valence-electron chi connectivity index (χ1n) is 5.87. The lowest BCUT2D eigenvalue weighted by Crippen LogP contribution is -2.25. The van der Waals surface area contributed by atoms with E-state index in [1.165, 1.54) is 6.07 Å². The van der Waals surface area contributed by atoms with E-state index < -0.39 is 17.0 Å². The van der Waals surface area contributed by atoms with Crippen LogP contribution in [0.3, 0.4) is 0 Å². The number of aromatic nitrogens is 1. The molecule has 1 heterocycles. The van der Waals surface area contributed by atoms with Crippen LogP contribution in [-0.2, 0) is 0 Å². The van der Waals surface area contributed by atoms with E-state index >= 15 is 0 Å². The highest BCUT2D eigenvalue weighted by molar-refractivity contribution is 9.12. The van der Waals surface area contributed by atoms with E-state index in [0.717, 1.165) is 11.6 Å². The summed E-state index contributed by atoms with van der Waals surface area (Å²) in [5.74, 6) is -0.859. The highest BCUT2D eigenvalue weighted by Crippen LogP contribution is 2.24. The van der Waals surface area contributed by atoms with Crippen molar-refractivity contribution in [3.63, 3.8) is 0 Å². The van der Waals surface area contributed by atoms with E-state index in [4.69, 9.17) is 0 Å². The summed E-state index contributed by atoms with van der Waals surface area (Å²) in [6, 6.07) is 10.5. The smallest absolute Gasteiger partial charge is 0.217 e. The van der Waals surface area contributed by atoms with Gasteiger partial charge in [0, 0.05) is 17.8 Å². The van der Waals surface area contributed by atoms with Crippen LogP contribution < -0.4 is 5.43 Å². The van der Waals surface area contributed by atoms with Crippen molar-refractivity contribution in [3.05, 3.63) is 68.4 Å². The van der Waals surface area contributed by atoms with Gasteiger partial charge in [-0.2, -0.15) is 0 Å². The SMILES string of the molecule is O=C1C(Br)=CC(=O)c2c1[nH]c(-c1ccccc1)cc2=O. The summed E-state index contributed by atoms with van der Waals surface area (Å²) in [5.41, 5.74) is 0.775. The first kappa shape index (κ1) is 12.7. The van der Waals surface area contributed by atoms with Crippen molar-refractivity contribution in [1.29, 1.82) is 0 Å². The number of aromatic amines is 1. The molecule has 0 amide bonds. The fourth-order valence-corrected chi connectivity index (χ4v) is 2.53. The second kappa shape index (κ2) is 4.68. The van der Waals surface area contributed by atoms with E-state index in [1.807, 2.05) is 30.3 Å². The standard InChI is InChI=1S/C15H8BrNO3/c16-9-6-11(18)13-12(19)7-10(17-14(13)15(9)20)8-4-2-1-3-5-8/h1-7H,(H,17,19). The average Bonchev–Trinajstić information content (AvgIpc) is 2.45. The number of Topliss-reactive ketones (excluding diaryl/α,β-unsaturated/α-hetero) is 1. The normalized spacial score (nSPS) is 13.9. The maximum Gasteiger partial charge on any atom is 0.217 e. The number of fused-ring (bicyclic) bond motifs is 1. The van der Waals surface area contributed by atoms with Gasteiger partial charge in [-0.15, -0.1) is 0 Å². The molecule has 3 rings (SSSR count). The largest absolute Gasteiger partial charge is 0.351 e. The summed E-state index contributed by atoms with van der Waals surface area (Å²) < 4.78 is 0.149. The fraction of sp³-hybridized carbons (Fsp3) is 0. The van der Waals surface area contributed by atoms with Gasteiger partial charge in [-0.05, 0) is 21.5 Å². The molecule has 20 heavy (non-hydrogen) atoms. The topological polar surface area (TPSA) is 67.0 Å². The van der Waals surface area contributed by atoms with Crippen molar-refractivity contribution in [2.45, 2.75) is 0 Å². The summed E-state index contributed by atoms with van der Waals surface area (Å²) in [6.45, 7) is 0. The summed E-state index contributed by atoms with van der Waals surface area (Å²) in [6.07, 6.45) is 1.13. The van der Waals surface area contributed by atoms with Crippen LogP contribution in [0.25, 0.3) is 11.3 Å². The van der Waals surface area contributed by atoms with Gasteiger partial charge in [-0.1, -0.05) is 30.3 Å². The zero-order valence-corrected chi connectivity index (χ0v) is 11.7. The van der Waals surface area contributed by atoms with Gasteiger partial charge in [0.05, 0.1) is 10.0 Å². The molecule has 0 saturated heterocycles. The van der Waals surface area contributed by atoms with Gasteiger partial charge >= 0.3 is 0 Å². The summed E-state index contributed by atoms with van der Waals surface area (Å²) >= 11 is 3.04. The highest BCUT2D eigenvalue weighted by atomic mass is 79.9. The minimum Gasteiger partial charge on any atom is -0.351 e. The molecular weight excluding hydrogens is 322 g/mol. The number of hydrogen-bond acceptors (Lipinski definition) is 3. The van der Waals surface area contributed by atoms with E-state index in [2.05, 4.69) is 20.9 Å². The fourth-order valence-electron chi connectivity index (χ4n) is 2.12. The molecule has 1 aromatic carbocycles. The Labute approximate surface area is 122 Å². The Kier molecular flexibility index (Phi) is 2.99. The lowest BCUT2D eigenvalue weighted by molar-refractivity contribution is 0.0987. The number of rotatable bonds is 1. The number of nitrogens with one attached hydrogen (secondary N) is 1. The van der Waals surface area contributed by atoms with Crippen molar-refractivity contribution < 1.29 is 9.59 Å². The third-order valence-corrected chi connectivity index (χ3v) is 3.65. The number of allylic oxidation sites excluding steroid dienone is 2. The van der Waals surface area contributed by atoms with Crippen LogP contribution in [0.2, 0.25) is 0 Å². The second-order valence-electron chi connectivity index (χ2n) is 4.35. The van der Waals surface area contributed by atoms with Gasteiger partial charge in [-0.3, -0.25) is 14.4 Å². The number of carbonyl (C=O) groups excluding carboxylic acids is 2. The van der Waals surface area contributed by atoms with Crippen LogP contribution in [0.4, 0.5) is 0 Å². The van der Waals surface area contributed by atoms with Crippen molar-refractivity contribution in [2.75, 3.05) is 0 Å². The molecule has 0 saturated carbocycles. The predicted octanol–water partition coefficient (Wildman–Crippen LogP) is 2.70. The molecule has 0 fully saturated rings. The van der Waals surface area contributed by atoms with Crippen LogP contribution in [0.5, 0.6) is 0 Å². The molecule has 0 bridgehead atoms. The quantitative estimate of drug-likeness (QED) is 0.874. The molecule has 2 aromatic rings. The van der Waals surface area contributed by atoms with Gasteiger partial charge < -0.3 is 4.98 Å². The zero-order chi connectivity index (χ0) is 14.3. The lowest BCUT2D eigenvalue weighted by atomic mass is 9.98. The summed E-state index contributed by atoms with van der Waals surface area (Å²) in [7, 11) is 0. The van der Waals surface area contributed by atoms with Gasteiger partial charge in [0.15, 0.2) is 11.2 Å². The Morgan fingerprint density at radius 2 is 1.70 bits per heavy atom. The number of H-pyrrole nitrogens is 1. The minimum atomic E-state index is -0.465. The van der Waals surface area contributed by atoms with E-state index in [0.29, 0.717) is 5.69 Å². The zero-order valence-electron chi connectivity index (χ0n) is 10.1. The molecule has 0 spiro atoms.